The lowest BCUT2D eigenvalue weighted by Gasteiger charge is -2.18. The number of Topliss-reactive ketones (excluding diaryl/α,β-unsaturated/α-hetero) is 1. The first-order chi connectivity index (χ1) is 15.9. The standard InChI is InChI=1S/C27H19NO4S/c1-18-9-8-12-20(15-18)22-16-24(29)27(30)25-23(19-10-4-2-5-11-19)17-28(26(22)25)33(31,32)21-13-6-3-7-14-21/h2-17H,1H3. The van der Waals surface area contributed by atoms with Crippen LogP contribution in [0.3, 0.4) is 0 Å². The van der Waals surface area contributed by atoms with E-state index in [9.17, 15) is 18.0 Å². The van der Waals surface area contributed by atoms with Crippen molar-refractivity contribution in [3.8, 4) is 11.1 Å². The van der Waals surface area contributed by atoms with Crippen molar-refractivity contribution < 1.29 is 18.0 Å². The van der Waals surface area contributed by atoms with E-state index in [1.54, 1.807) is 48.5 Å². The van der Waals surface area contributed by atoms with Gasteiger partial charge in [0.05, 0.1) is 16.2 Å². The molecule has 1 aromatic heterocycles. The highest BCUT2D eigenvalue weighted by Crippen LogP contribution is 2.40. The Balaban J connectivity index is 1.88. The molecule has 1 aliphatic carbocycles. The monoisotopic (exact) mass is 453 g/mol. The molecule has 0 saturated carbocycles. The summed E-state index contributed by atoms with van der Waals surface area (Å²) in [5, 5.41) is 0. The van der Waals surface area contributed by atoms with Crippen LogP contribution in [0.1, 0.15) is 27.2 Å². The normalized spacial score (nSPS) is 13.5. The van der Waals surface area contributed by atoms with E-state index >= 15 is 0 Å². The smallest absolute Gasteiger partial charge is 0.268 e. The molecular weight excluding hydrogens is 434 g/mol. The van der Waals surface area contributed by atoms with Gasteiger partial charge in [0, 0.05) is 17.3 Å². The molecule has 4 aromatic rings. The lowest BCUT2D eigenvalue weighted by molar-refractivity contribution is -0.111. The average molecular weight is 454 g/mol. The van der Waals surface area contributed by atoms with Gasteiger partial charge in [-0.05, 0) is 36.3 Å². The number of aromatic nitrogens is 1. The zero-order chi connectivity index (χ0) is 23.2. The van der Waals surface area contributed by atoms with Crippen molar-refractivity contribution in [1.82, 2.24) is 3.97 Å². The van der Waals surface area contributed by atoms with Crippen LogP contribution >= 0.6 is 0 Å². The number of ketones is 2. The third kappa shape index (κ3) is 3.45. The second kappa shape index (κ2) is 7.83. The third-order valence-corrected chi connectivity index (χ3v) is 7.34. The summed E-state index contributed by atoms with van der Waals surface area (Å²) in [6.07, 6.45) is 2.69. The highest BCUT2D eigenvalue weighted by molar-refractivity contribution is 7.90. The van der Waals surface area contributed by atoms with Crippen LogP contribution in [0.2, 0.25) is 0 Å². The zero-order valence-corrected chi connectivity index (χ0v) is 18.5. The minimum Gasteiger partial charge on any atom is -0.286 e. The molecule has 0 atom stereocenters. The van der Waals surface area contributed by atoms with Crippen LogP contribution in [0.15, 0.2) is 102 Å². The summed E-state index contributed by atoms with van der Waals surface area (Å²) in [6.45, 7) is 1.91. The Bertz CT molecular complexity index is 1550. The second-order valence-electron chi connectivity index (χ2n) is 7.87. The summed E-state index contributed by atoms with van der Waals surface area (Å²) in [4.78, 5) is 26.0. The molecule has 0 unspecified atom stereocenters. The zero-order valence-electron chi connectivity index (χ0n) is 17.7. The van der Waals surface area contributed by atoms with E-state index in [-0.39, 0.29) is 16.2 Å². The fourth-order valence-corrected chi connectivity index (χ4v) is 5.52. The van der Waals surface area contributed by atoms with Crippen LogP contribution in [0, 0.1) is 6.92 Å². The predicted molar refractivity (Wildman–Crippen MR) is 126 cm³/mol. The Morgan fingerprint density at radius 1 is 0.758 bits per heavy atom. The lowest BCUT2D eigenvalue weighted by atomic mass is 9.87. The third-order valence-electron chi connectivity index (χ3n) is 5.67. The van der Waals surface area contributed by atoms with Gasteiger partial charge >= 0.3 is 0 Å². The molecule has 6 heteroatoms. The maximum Gasteiger partial charge on any atom is 0.268 e. The number of allylic oxidation sites excluding steroid dienone is 1. The number of rotatable bonds is 4. The van der Waals surface area contributed by atoms with E-state index < -0.39 is 21.6 Å². The van der Waals surface area contributed by atoms with E-state index in [1.807, 2.05) is 31.2 Å². The Kier molecular flexibility index (Phi) is 4.95. The molecular formula is C27H19NO4S. The highest BCUT2D eigenvalue weighted by Gasteiger charge is 2.36. The van der Waals surface area contributed by atoms with Gasteiger partial charge in [-0.2, -0.15) is 0 Å². The van der Waals surface area contributed by atoms with E-state index in [2.05, 4.69) is 0 Å². The molecule has 1 heterocycles. The molecule has 0 radical (unpaired) electrons. The van der Waals surface area contributed by atoms with Crippen molar-refractivity contribution in [1.29, 1.82) is 0 Å². The predicted octanol–water partition coefficient (Wildman–Crippen LogP) is 4.90. The van der Waals surface area contributed by atoms with Gasteiger partial charge in [-0.25, -0.2) is 12.4 Å². The van der Waals surface area contributed by atoms with Crippen molar-refractivity contribution in [3.05, 3.63) is 120 Å². The first kappa shape index (κ1) is 20.8. The molecule has 5 nitrogen and oxygen atoms in total. The SMILES string of the molecule is Cc1cccc(C2=CC(=O)C(=O)c3c(-c4ccccc4)cn(S(=O)(=O)c4ccccc4)c32)c1. The quantitative estimate of drug-likeness (QED) is 0.412. The Hall–Kier alpha value is -4.03. The molecule has 0 fully saturated rings. The van der Waals surface area contributed by atoms with Gasteiger partial charge in [0.2, 0.25) is 11.6 Å². The van der Waals surface area contributed by atoms with Crippen LogP contribution < -0.4 is 0 Å². The molecule has 3 aromatic carbocycles. The van der Waals surface area contributed by atoms with E-state index in [0.717, 1.165) is 9.54 Å². The number of nitrogens with zero attached hydrogens (tertiary/aromatic N) is 1. The first-order valence-corrected chi connectivity index (χ1v) is 11.8. The number of benzene rings is 3. The van der Waals surface area contributed by atoms with Crippen molar-refractivity contribution >= 4 is 27.2 Å². The van der Waals surface area contributed by atoms with Gasteiger partial charge in [0.1, 0.15) is 0 Å². The number of aryl methyl sites for hydroxylation is 1. The number of carbonyl (C=O) groups is 2. The topological polar surface area (TPSA) is 73.2 Å². The van der Waals surface area contributed by atoms with Crippen molar-refractivity contribution in [2.45, 2.75) is 11.8 Å². The molecule has 162 valence electrons. The molecule has 5 rings (SSSR count). The Labute approximate surface area is 191 Å². The maximum atomic E-state index is 13.7. The molecule has 0 saturated heterocycles. The lowest BCUT2D eigenvalue weighted by Crippen LogP contribution is -2.23. The first-order valence-electron chi connectivity index (χ1n) is 10.4. The summed E-state index contributed by atoms with van der Waals surface area (Å²) < 4.78 is 28.6. The van der Waals surface area contributed by atoms with Crippen LogP contribution in [0.5, 0.6) is 0 Å². The van der Waals surface area contributed by atoms with Crippen LogP contribution in [-0.4, -0.2) is 24.0 Å². The minimum absolute atomic E-state index is 0.0929. The van der Waals surface area contributed by atoms with Gasteiger partial charge in [0.15, 0.2) is 0 Å². The van der Waals surface area contributed by atoms with Crippen molar-refractivity contribution in [2.24, 2.45) is 0 Å². The van der Waals surface area contributed by atoms with Gasteiger partial charge < -0.3 is 0 Å². The average Bonchev–Trinajstić information content (AvgIpc) is 3.24. The molecule has 0 N–H and O–H groups in total. The van der Waals surface area contributed by atoms with E-state index in [0.29, 0.717) is 22.3 Å². The second-order valence-corrected chi connectivity index (χ2v) is 9.68. The molecule has 0 spiro atoms. The van der Waals surface area contributed by atoms with Crippen molar-refractivity contribution in [3.63, 3.8) is 0 Å². The van der Waals surface area contributed by atoms with Crippen LogP contribution in [0.25, 0.3) is 16.7 Å². The number of carbonyl (C=O) groups excluding carboxylic acids is 2. The van der Waals surface area contributed by atoms with Crippen molar-refractivity contribution in [2.75, 3.05) is 0 Å². The summed E-state index contributed by atoms with van der Waals surface area (Å²) in [5.74, 6) is -1.40. The molecule has 0 amide bonds. The van der Waals surface area contributed by atoms with Gasteiger partial charge in [-0.15, -0.1) is 0 Å². The fraction of sp³-hybridized carbons (Fsp3) is 0.0370. The molecule has 0 bridgehead atoms. The highest BCUT2D eigenvalue weighted by atomic mass is 32.2. The van der Waals surface area contributed by atoms with Gasteiger partial charge in [-0.1, -0.05) is 78.4 Å². The van der Waals surface area contributed by atoms with Gasteiger partial charge in [-0.3, -0.25) is 9.59 Å². The Morgan fingerprint density at radius 3 is 2.06 bits per heavy atom. The maximum absolute atomic E-state index is 13.7. The van der Waals surface area contributed by atoms with Crippen LogP contribution in [0.4, 0.5) is 0 Å². The summed E-state index contributed by atoms with van der Waals surface area (Å²) in [6, 6.07) is 24.5. The van der Waals surface area contributed by atoms with E-state index in [1.165, 1.54) is 24.4 Å². The Morgan fingerprint density at radius 2 is 1.39 bits per heavy atom. The number of hydrogen-bond donors (Lipinski definition) is 0. The van der Waals surface area contributed by atoms with E-state index in [4.69, 9.17) is 0 Å². The minimum atomic E-state index is -4.05. The fourth-order valence-electron chi connectivity index (χ4n) is 4.12. The summed E-state index contributed by atoms with van der Waals surface area (Å²) >= 11 is 0. The molecule has 0 aliphatic heterocycles. The largest absolute Gasteiger partial charge is 0.286 e. The summed E-state index contributed by atoms with van der Waals surface area (Å²) in [5.41, 5.74) is 3.38. The van der Waals surface area contributed by atoms with Gasteiger partial charge in [0.25, 0.3) is 10.0 Å². The number of fused-ring (bicyclic) bond motifs is 1. The number of hydrogen-bond acceptors (Lipinski definition) is 4. The molecule has 1 aliphatic rings. The van der Waals surface area contributed by atoms with Crippen LogP contribution in [-0.2, 0) is 14.8 Å². The molecule has 33 heavy (non-hydrogen) atoms. The summed E-state index contributed by atoms with van der Waals surface area (Å²) in [7, 11) is -4.05.